The van der Waals surface area contributed by atoms with E-state index in [9.17, 15) is 0 Å². The number of nitrogens with zero attached hydrogens (tertiary/aromatic N) is 1. The van der Waals surface area contributed by atoms with Crippen molar-refractivity contribution in [2.45, 2.75) is 19.4 Å². The van der Waals surface area contributed by atoms with Gasteiger partial charge in [-0.25, -0.2) is 0 Å². The van der Waals surface area contributed by atoms with Crippen LogP contribution in [-0.2, 0) is 4.74 Å². The van der Waals surface area contributed by atoms with Crippen LogP contribution in [0.3, 0.4) is 0 Å². The zero-order valence-electron chi connectivity index (χ0n) is 10.9. The first kappa shape index (κ1) is 14.3. The molecule has 1 saturated heterocycles. The Labute approximate surface area is 104 Å². The maximum absolute atomic E-state index is 5.58. The van der Waals surface area contributed by atoms with Gasteiger partial charge in [-0.15, -0.1) is 0 Å². The standard InChI is InChI=1S/C12H26N2OS/c1-4-5-13-12-10-15-9-11(12)8-14(2)6-7-16-3/h11-13H,4-10H2,1-3H3. The van der Waals surface area contributed by atoms with Gasteiger partial charge in [-0.2, -0.15) is 11.8 Å². The Morgan fingerprint density at radius 1 is 1.44 bits per heavy atom. The van der Waals surface area contributed by atoms with Gasteiger partial charge in [0.1, 0.15) is 0 Å². The summed E-state index contributed by atoms with van der Waals surface area (Å²) < 4.78 is 5.58. The third-order valence-corrected chi connectivity index (χ3v) is 3.67. The number of rotatable bonds is 8. The van der Waals surface area contributed by atoms with Crippen molar-refractivity contribution in [2.75, 3.05) is 51.9 Å². The second-order valence-electron chi connectivity index (χ2n) is 4.61. The minimum atomic E-state index is 0.566. The van der Waals surface area contributed by atoms with Crippen molar-refractivity contribution in [3.8, 4) is 0 Å². The predicted octanol–water partition coefficient (Wildman–Crippen LogP) is 1.30. The first-order valence-electron chi connectivity index (χ1n) is 6.26. The van der Waals surface area contributed by atoms with Crippen LogP contribution in [0.25, 0.3) is 0 Å². The van der Waals surface area contributed by atoms with Crippen LogP contribution < -0.4 is 5.32 Å². The summed E-state index contributed by atoms with van der Waals surface area (Å²) in [6, 6.07) is 0.566. The Bertz CT molecular complexity index is 180. The van der Waals surface area contributed by atoms with Crippen molar-refractivity contribution in [1.29, 1.82) is 0 Å². The molecule has 3 nitrogen and oxygen atoms in total. The molecule has 2 atom stereocenters. The van der Waals surface area contributed by atoms with Crippen molar-refractivity contribution < 1.29 is 4.74 Å². The van der Waals surface area contributed by atoms with E-state index in [0.29, 0.717) is 12.0 Å². The van der Waals surface area contributed by atoms with Gasteiger partial charge in [0.2, 0.25) is 0 Å². The van der Waals surface area contributed by atoms with Gasteiger partial charge < -0.3 is 15.0 Å². The predicted molar refractivity (Wildman–Crippen MR) is 72.3 cm³/mol. The van der Waals surface area contributed by atoms with E-state index in [0.717, 1.165) is 26.3 Å². The van der Waals surface area contributed by atoms with E-state index in [2.05, 4.69) is 30.4 Å². The lowest BCUT2D eigenvalue weighted by Gasteiger charge is -2.24. The summed E-state index contributed by atoms with van der Waals surface area (Å²) in [6.45, 7) is 7.47. The van der Waals surface area contributed by atoms with Gasteiger partial charge in [0.15, 0.2) is 0 Å². The van der Waals surface area contributed by atoms with E-state index < -0.39 is 0 Å². The third-order valence-electron chi connectivity index (χ3n) is 3.08. The minimum absolute atomic E-state index is 0.566. The van der Waals surface area contributed by atoms with E-state index in [1.54, 1.807) is 0 Å². The molecule has 0 radical (unpaired) electrons. The Morgan fingerprint density at radius 3 is 2.94 bits per heavy atom. The molecule has 96 valence electrons. The van der Waals surface area contributed by atoms with Crippen LogP contribution in [0.4, 0.5) is 0 Å². The van der Waals surface area contributed by atoms with E-state index in [4.69, 9.17) is 4.74 Å². The summed E-state index contributed by atoms with van der Waals surface area (Å²) >= 11 is 1.91. The molecule has 0 aromatic rings. The summed E-state index contributed by atoms with van der Waals surface area (Å²) in [5, 5.41) is 3.59. The van der Waals surface area contributed by atoms with Gasteiger partial charge in [0.25, 0.3) is 0 Å². The van der Waals surface area contributed by atoms with E-state index >= 15 is 0 Å². The fourth-order valence-corrected chi connectivity index (χ4v) is 2.57. The summed E-state index contributed by atoms with van der Waals surface area (Å²) in [5.41, 5.74) is 0. The number of nitrogens with one attached hydrogen (secondary N) is 1. The molecule has 1 N–H and O–H groups in total. The molecule has 4 heteroatoms. The zero-order chi connectivity index (χ0) is 11.8. The molecule has 1 aliphatic rings. The molecule has 0 amide bonds. The van der Waals surface area contributed by atoms with Gasteiger partial charge >= 0.3 is 0 Å². The first-order valence-corrected chi connectivity index (χ1v) is 7.66. The van der Waals surface area contributed by atoms with Crippen LogP contribution in [0.5, 0.6) is 0 Å². The highest BCUT2D eigenvalue weighted by molar-refractivity contribution is 7.98. The molecule has 1 aliphatic heterocycles. The zero-order valence-corrected chi connectivity index (χ0v) is 11.7. The molecular weight excluding hydrogens is 220 g/mol. The van der Waals surface area contributed by atoms with Gasteiger partial charge in [-0.05, 0) is 26.3 Å². The highest BCUT2D eigenvalue weighted by atomic mass is 32.2. The van der Waals surface area contributed by atoms with Crippen LogP contribution in [0.2, 0.25) is 0 Å². The summed E-state index contributed by atoms with van der Waals surface area (Å²) in [5.74, 6) is 1.88. The van der Waals surface area contributed by atoms with Gasteiger partial charge in [0.05, 0.1) is 13.2 Å². The average Bonchev–Trinajstić information content (AvgIpc) is 2.71. The fraction of sp³-hybridized carbons (Fsp3) is 1.00. The average molecular weight is 246 g/mol. The Hall–Kier alpha value is 0.230. The van der Waals surface area contributed by atoms with Crippen LogP contribution in [0.15, 0.2) is 0 Å². The highest BCUT2D eigenvalue weighted by Gasteiger charge is 2.28. The lowest BCUT2D eigenvalue weighted by Crippen LogP contribution is -2.41. The number of hydrogen-bond donors (Lipinski definition) is 1. The molecule has 2 unspecified atom stereocenters. The molecule has 0 aromatic heterocycles. The quantitative estimate of drug-likeness (QED) is 0.698. The van der Waals surface area contributed by atoms with Gasteiger partial charge in [0, 0.05) is 30.8 Å². The van der Waals surface area contributed by atoms with Crippen molar-refractivity contribution in [3.63, 3.8) is 0 Å². The summed E-state index contributed by atoms with van der Waals surface area (Å²) in [6.07, 6.45) is 3.36. The normalized spacial score (nSPS) is 25.5. The van der Waals surface area contributed by atoms with Crippen LogP contribution >= 0.6 is 11.8 Å². The van der Waals surface area contributed by atoms with E-state index in [-0.39, 0.29) is 0 Å². The lowest BCUT2D eigenvalue weighted by molar-refractivity contribution is 0.174. The molecule has 16 heavy (non-hydrogen) atoms. The molecule has 1 rings (SSSR count). The molecular formula is C12H26N2OS. The second kappa shape index (κ2) is 8.34. The largest absolute Gasteiger partial charge is 0.379 e. The van der Waals surface area contributed by atoms with Gasteiger partial charge in [-0.3, -0.25) is 0 Å². The van der Waals surface area contributed by atoms with Crippen molar-refractivity contribution in [1.82, 2.24) is 10.2 Å². The molecule has 0 spiro atoms. The minimum Gasteiger partial charge on any atom is -0.379 e. The molecule has 0 aliphatic carbocycles. The van der Waals surface area contributed by atoms with Crippen LogP contribution in [-0.4, -0.2) is 62.8 Å². The third kappa shape index (κ3) is 5.04. The topological polar surface area (TPSA) is 24.5 Å². The van der Waals surface area contributed by atoms with E-state index in [1.165, 1.54) is 18.7 Å². The summed E-state index contributed by atoms with van der Waals surface area (Å²) in [7, 11) is 2.21. The Balaban J connectivity index is 2.22. The van der Waals surface area contributed by atoms with Crippen molar-refractivity contribution in [2.24, 2.45) is 5.92 Å². The molecule has 1 fully saturated rings. The highest BCUT2D eigenvalue weighted by Crippen LogP contribution is 2.15. The molecule has 0 aromatic carbocycles. The van der Waals surface area contributed by atoms with Crippen molar-refractivity contribution >= 4 is 11.8 Å². The summed E-state index contributed by atoms with van der Waals surface area (Å²) in [4.78, 5) is 2.43. The lowest BCUT2D eigenvalue weighted by atomic mass is 10.0. The van der Waals surface area contributed by atoms with Gasteiger partial charge in [-0.1, -0.05) is 6.92 Å². The monoisotopic (exact) mass is 246 g/mol. The Morgan fingerprint density at radius 2 is 2.25 bits per heavy atom. The van der Waals surface area contributed by atoms with Crippen LogP contribution in [0.1, 0.15) is 13.3 Å². The number of ether oxygens (including phenoxy) is 1. The van der Waals surface area contributed by atoms with E-state index in [1.807, 2.05) is 11.8 Å². The smallest absolute Gasteiger partial charge is 0.0623 e. The maximum atomic E-state index is 5.58. The van der Waals surface area contributed by atoms with Crippen LogP contribution in [0, 0.1) is 5.92 Å². The maximum Gasteiger partial charge on any atom is 0.0623 e. The Kier molecular flexibility index (Phi) is 7.45. The van der Waals surface area contributed by atoms with Crippen molar-refractivity contribution in [3.05, 3.63) is 0 Å². The first-order chi connectivity index (χ1) is 7.77. The second-order valence-corrected chi connectivity index (χ2v) is 5.60. The SMILES string of the molecule is CCCNC1COCC1CN(C)CCSC. The number of hydrogen-bond acceptors (Lipinski definition) is 4. The molecule has 0 saturated carbocycles. The molecule has 0 bridgehead atoms. The molecule has 1 heterocycles. The number of thioether (sulfide) groups is 1. The fourth-order valence-electron chi connectivity index (χ4n) is 2.07.